The molecular formula is C15H22Cl2N4OS. The van der Waals surface area contributed by atoms with Crippen LogP contribution in [-0.2, 0) is 0 Å². The van der Waals surface area contributed by atoms with E-state index in [1.807, 2.05) is 29.5 Å². The number of carbonyl (C=O) groups is 1. The maximum absolute atomic E-state index is 12.5. The molecule has 0 aromatic carbocycles. The standard InChI is InChI=1S/C15H20N4OS.2ClH/c1-10-18-14(9-21-10)12-6-13(17-8-12)15(20)19-4-2-11(7-16)3-5-19;;/h6,8-9,11,17H,2-5,7,16H2,1H3;2*1H. The summed E-state index contributed by atoms with van der Waals surface area (Å²) >= 11 is 1.62. The summed E-state index contributed by atoms with van der Waals surface area (Å²) in [7, 11) is 0. The maximum atomic E-state index is 12.5. The monoisotopic (exact) mass is 376 g/mol. The Morgan fingerprint density at radius 3 is 2.70 bits per heavy atom. The van der Waals surface area contributed by atoms with E-state index in [0.29, 0.717) is 11.6 Å². The van der Waals surface area contributed by atoms with Gasteiger partial charge in [0.05, 0.1) is 10.7 Å². The quantitative estimate of drug-likeness (QED) is 0.863. The molecule has 0 radical (unpaired) electrons. The van der Waals surface area contributed by atoms with Crippen molar-refractivity contribution in [3.05, 3.63) is 28.3 Å². The number of hydrogen-bond donors (Lipinski definition) is 2. The van der Waals surface area contributed by atoms with Crippen molar-refractivity contribution in [2.24, 2.45) is 11.7 Å². The van der Waals surface area contributed by atoms with Crippen molar-refractivity contribution in [3.63, 3.8) is 0 Å². The topological polar surface area (TPSA) is 75.0 Å². The number of halogens is 2. The summed E-state index contributed by atoms with van der Waals surface area (Å²) in [5.41, 5.74) is 8.23. The predicted molar refractivity (Wildman–Crippen MR) is 98.8 cm³/mol. The van der Waals surface area contributed by atoms with Crippen LogP contribution in [0.15, 0.2) is 17.6 Å². The van der Waals surface area contributed by atoms with Gasteiger partial charge in [0.2, 0.25) is 0 Å². The molecule has 3 rings (SSSR count). The molecule has 8 heteroatoms. The zero-order valence-corrected chi connectivity index (χ0v) is 15.4. The Labute approximate surface area is 152 Å². The van der Waals surface area contributed by atoms with Gasteiger partial charge in [-0.05, 0) is 38.3 Å². The fraction of sp³-hybridized carbons (Fsp3) is 0.467. The average Bonchev–Trinajstić information content (AvgIpc) is 3.15. The number of carbonyl (C=O) groups excluding carboxylic acids is 1. The lowest BCUT2D eigenvalue weighted by atomic mass is 9.97. The summed E-state index contributed by atoms with van der Waals surface area (Å²) in [4.78, 5) is 21.9. The second kappa shape index (κ2) is 8.68. The molecule has 23 heavy (non-hydrogen) atoms. The van der Waals surface area contributed by atoms with Gasteiger partial charge in [0.15, 0.2) is 0 Å². The number of nitrogens with one attached hydrogen (secondary N) is 1. The summed E-state index contributed by atoms with van der Waals surface area (Å²) in [6.07, 6.45) is 3.86. The number of nitrogens with zero attached hydrogens (tertiary/aromatic N) is 2. The molecule has 0 atom stereocenters. The summed E-state index contributed by atoms with van der Waals surface area (Å²) < 4.78 is 0. The zero-order valence-electron chi connectivity index (χ0n) is 12.9. The number of amides is 1. The highest BCUT2D eigenvalue weighted by molar-refractivity contribution is 7.09. The van der Waals surface area contributed by atoms with E-state index < -0.39 is 0 Å². The van der Waals surface area contributed by atoms with Crippen molar-refractivity contribution in [2.45, 2.75) is 19.8 Å². The first-order chi connectivity index (χ1) is 10.2. The molecular weight excluding hydrogens is 355 g/mol. The van der Waals surface area contributed by atoms with Crippen molar-refractivity contribution >= 4 is 42.1 Å². The molecule has 3 heterocycles. The minimum absolute atomic E-state index is 0. The minimum atomic E-state index is 0. The molecule has 1 fully saturated rings. The van der Waals surface area contributed by atoms with Crippen molar-refractivity contribution in [3.8, 4) is 11.3 Å². The third-order valence-electron chi connectivity index (χ3n) is 4.06. The number of nitrogens with two attached hydrogens (primary N) is 1. The van der Waals surface area contributed by atoms with Crippen LogP contribution in [0, 0.1) is 12.8 Å². The Hall–Kier alpha value is -1.08. The number of H-pyrrole nitrogens is 1. The number of piperidine rings is 1. The molecule has 1 saturated heterocycles. The van der Waals surface area contributed by atoms with E-state index >= 15 is 0 Å². The van der Waals surface area contributed by atoms with Crippen LogP contribution in [0.4, 0.5) is 0 Å². The van der Waals surface area contributed by atoms with E-state index in [2.05, 4.69) is 9.97 Å². The van der Waals surface area contributed by atoms with Gasteiger partial charge in [-0.3, -0.25) is 4.79 Å². The lowest BCUT2D eigenvalue weighted by Crippen LogP contribution is -2.40. The number of aromatic amines is 1. The van der Waals surface area contributed by atoms with Gasteiger partial charge in [0.1, 0.15) is 5.69 Å². The van der Waals surface area contributed by atoms with Gasteiger partial charge >= 0.3 is 0 Å². The molecule has 1 amide bonds. The van der Waals surface area contributed by atoms with Crippen molar-refractivity contribution in [1.82, 2.24) is 14.9 Å². The number of aromatic nitrogens is 2. The molecule has 3 N–H and O–H groups in total. The minimum Gasteiger partial charge on any atom is -0.357 e. The van der Waals surface area contributed by atoms with Crippen LogP contribution < -0.4 is 5.73 Å². The van der Waals surface area contributed by atoms with Gasteiger partial charge < -0.3 is 15.6 Å². The van der Waals surface area contributed by atoms with E-state index in [9.17, 15) is 4.79 Å². The zero-order chi connectivity index (χ0) is 14.8. The van der Waals surface area contributed by atoms with Crippen molar-refractivity contribution < 1.29 is 4.79 Å². The first-order valence-corrected chi connectivity index (χ1v) is 8.15. The Morgan fingerprint density at radius 2 is 2.13 bits per heavy atom. The molecule has 1 aliphatic heterocycles. The molecule has 2 aromatic heterocycles. The van der Waals surface area contributed by atoms with Crippen LogP contribution in [0.3, 0.4) is 0 Å². The fourth-order valence-electron chi connectivity index (χ4n) is 2.70. The fourth-order valence-corrected chi connectivity index (χ4v) is 3.33. The van der Waals surface area contributed by atoms with Crippen LogP contribution >= 0.6 is 36.2 Å². The van der Waals surface area contributed by atoms with E-state index in [1.165, 1.54) is 0 Å². The van der Waals surface area contributed by atoms with Crippen molar-refractivity contribution in [2.75, 3.05) is 19.6 Å². The third-order valence-corrected chi connectivity index (χ3v) is 4.84. The Balaban J connectivity index is 0.00000132. The second-order valence-electron chi connectivity index (χ2n) is 5.53. The summed E-state index contributed by atoms with van der Waals surface area (Å²) in [6, 6.07) is 1.89. The highest BCUT2D eigenvalue weighted by atomic mass is 35.5. The number of aryl methyl sites for hydroxylation is 1. The van der Waals surface area contributed by atoms with Crippen LogP contribution in [0.25, 0.3) is 11.3 Å². The number of likely N-dealkylation sites (tertiary alicyclic amines) is 1. The van der Waals surface area contributed by atoms with Gasteiger partial charge in [0, 0.05) is 30.2 Å². The molecule has 0 spiro atoms. The molecule has 0 aliphatic carbocycles. The first-order valence-electron chi connectivity index (χ1n) is 7.27. The van der Waals surface area contributed by atoms with Crippen LogP contribution in [-0.4, -0.2) is 40.4 Å². The number of thiazole rings is 1. The molecule has 0 bridgehead atoms. The molecule has 128 valence electrons. The smallest absolute Gasteiger partial charge is 0.270 e. The van der Waals surface area contributed by atoms with E-state index in [1.54, 1.807) is 11.3 Å². The van der Waals surface area contributed by atoms with Gasteiger partial charge in [-0.2, -0.15) is 0 Å². The van der Waals surface area contributed by atoms with E-state index in [-0.39, 0.29) is 30.7 Å². The lowest BCUT2D eigenvalue weighted by Gasteiger charge is -2.31. The largest absolute Gasteiger partial charge is 0.357 e. The molecule has 2 aromatic rings. The van der Waals surface area contributed by atoms with Crippen LogP contribution in [0.1, 0.15) is 28.3 Å². The molecule has 5 nitrogen and oxygen atoms in total. The Kier molecular flexibility index (Phi) is 7.54. The molecule has 1 aliphatic rings. The van der Waals surface area contributed by atoms with Crippen molar-refractivity contribution in [1.29, 1.82) is 0 Å². The van der Waals surface area contributed by atoms with Gasteiger partial charge in [-0.25, -0.2) is 4.98 Å². The SMILES string of the molecule is Cc1nc(-c2c[nH]c(C(=O)N3CCC(CN)CC3)c2)cs1.Cl.Cl. The third kappa shape index (κ3) is 4.47. The Bertz CT molecular complexity index is 635. The summed E-state index contributed by atoms with van der Waals surface area (Å²) in [5, 5.41) is 3.04. The maximum Gasteiger partial charge on any atom is 0.270 e. The Morgan fingerprint density at radius 1 is 1.43 bits per heavy atom. The first kappa shape index (κ1) is 20.0. The number of rotatable bonds is 3. The highest BCUT2D eigenvalue weighted by Gasteiger charge is 2.23. The predicted octanol–water partition coefficient (Wildman–Crippen LogP) is 3.10. The summed E-state index contributed by atoms with van der Waals surface area (Å²) in [5.74, 6) is 0.634. The average molecular weight is 377 g/mol. The van der Waals surface area contributed by atoms with Crippen LogP contribution in [0.2, 0.25) is 0 Å². The number of hydrogen-bond acceptors (Lipinski definition) is 4. The molecule has 0 saturated carbocycles. The van der Waals surface area contributed by atoms with Crippen LogP contribution in [0.5, 0.6) is 0 Å². The normalized spacial score (nSPS) is 15.0. The highest BCUT2D eigenvalue weighted by Crippen LogP contribution is 2.24. The van der Waals surface area contributed by atoms with Gasteiger partial charge in [0.25, 0.3) is 5.91 Å². The van der Waals surface area contributed by atoms with E-state index in [4.69, 9.17) is 5.73 Å². The van der Waals surface area contributed by atoms with Gasteiger partial charge in [-0.15, -0.1) is 36.2 Å². The lowest BCUT2D eigenvalue weighted by molar-refractivity contribution is 0.0688. The van der Waals surface area contributed by atoms with Gasteiger partial charge in [-0.1, -0.05) is 0 Å². The summed E-state index contributed by atoms with van der Waals surface area (Å²) in [6.45, 7) is 4.29. The second-order valence-corrected chi connectivity index (χ2v) is 6.59. The van der Waals surface area contributed by atoms with E-state index in [0.717, 1.165) is 48.7 Å². The molecule has 0 unspecified atom stereocenters.